The van der Waals surface area contributed by atoms with Crippen molar-refractivity contribution in [3.05, 3.63) is 41.0 Å². The van der Waals surface area contributed by atoms with Crippen molar-refractivity contribution in [2.24, 2.45) is 0 Å². The van der Waals surface area contributed by atoms with Gasteiger partial charge in [-0.3, -0.25) is 0 Å². The highest BCUT2D eigenvalue weighted by atomic mass is 16.5. The molecule has 0 bridgehead atoms. The van der Waals surface area contributed by atoms with Gasteiger partial charge >= 0.3 is 0 Å². The van der Waals surface area contributed by atoms with E-state index in [1.807, 2.05) is 0 Å². The van der Waals surface area contributed by atoms with Crippen LogP contribution < -0.4 is 4.74 Å². The lowest BCUT2D eigenvalue weighted by Gasteiger charge is -2.08. The number of benzene rings is 1. The van der Waals surface area contributed by atoms with Crippen molar-refractivity contribution in [2.75, 3.05) is 6.61 Å². The van der Waals surface area contributed by atoms with Gasteiger partial charge in [-0.1, -0.05) is 18.6 Å². The van der Waals surface area contributed by atoms with Crippen LogP contribution >= 0.6 is 0 Å². The molecule has 16 heavy (non-hydrogen) atoms. The van der Waals surface area contributed by atoms with Gasteiger partial charge in [0.1, 0.15) is 12.4 Å². The summed E-state index contributed by atoms with van der Waals surface area (Å²) in [6, 6.07) is 6.53. The summed E-state index contributed by atoms with van der Waals surface area (Å²) < 4.78 is 5.70. The number of hydrogen-bond acceptors (Lipinski definition) is 1. The Morgan fingerprint density at radius 2 is 2.25 bits per heavy atom. The molecule has 0 fully saturated rings. The second-order valence-electron chi connectivity index (χ2n) is 4.89. The third-order valence-corrected chi connectivity index (χ3v) is 3.23. The fourth-order valence-electron chi connectivity index (χ4n) is 2.20. The number of hydrogen-bond donors (Lipinski definition) is 0. The van der Waals surface area contributed by atoms with Gasteiger partial charge < -0.3 is 4.74 Å². The summed E-state index contributed by atoms with van der Waals surface area (Å²) in [7, 11) is 0. The summed E-state index contributed by atoms with van der Waals surface area (Å²) in [4.78, 5) is 0. The van der Waals surface area contributed by atoms with Gasteiger partial charge in [0.15, 0.2) is 0 Å². The molecule has 0 N–H and O–H groups in total. The van der Waals surface area contributed by atoms with E-state index in [-0.39, 0.29) is 0 Å². The highest BCUT2D eigenvalue weighted by molar-refractivity contribution is 5.40. The Labute approximate surface area is 98.1 Å². The van der Waals surface area contributed by atoms with Crippen LogP contribution in [-0.4, -0.2) is 6.61 Å². The maximum atomic E-state index is 5.70. The predicted molar refractivity (Wildman–Crippen MR) is 68.1 cm³/mol. The SMILES string of the molecule is CC(C)=CCOc1ccc2c(c1)CCC2C. The summed E-state index contributed by atoms with van der Waals surface area (Å²) in [5.41, 5.74) is 4.28. The predicted octanol–water partition coefficient (Wildman–Crippen LogP) is 4.08. The van der Waals surface area contributed by atoms with Crippen molar-refractivity contribution >= 4 is 0 Å². The number of fused-ring (bicyclic) bond motifs is 1. The molecule has 1 aromatic rings. The van der Waals surface area contributed by atoms with Gasteiger partial charge in [-0.05, 0) is 61.9 Å². The quantitative estimate of drug-likeness (QED) is 0.692. The minimum Gasteiger partial charge on any atom is -0.490 e. The van der Waals surface area contributed by atoms with Crippen LogP contribution in [0.25, 0.3) is 0 Å². The monoisotopic (exact) mass is 216 g/mol. The summed E-state index contributed by atoms with van der Waals surface area (Å²) >= 11 is 0. The molecule has 1 atom stereocenters. The lowest BCUT2D eigenvalue weighted by molar-refractivity contribution is 0.361. The Balaban J connectivity index is 2.05. The minimum absolute atomic E-state index is 0.677. The first-order valence-electron chi connectivity index (χ1n) is 6.06. The van der Waals surface area contributed by atoms with Gasteiger partial charge in [-0.25, -0.2) is 0 Å². The van der Waals surface area contributed by atoms with Crippen LogP contribution in [0.15, 0.2) is 29.8 Å². The van der Waals surface area contributed by atoms with E-state index < -0.39 is 0 Å². The summed E-state index contributed by atoms with van der Waals surface area (Å²) in [5.74, 6) is 1.73. The van der Waals surface area contributed by atoms with E-state index in [9.17, 15) is 0 Å². The third kappa shape index (κ3) is 2.46. The van der Waals surface area contributed by atoms with Gasteiger partial charge in [0.2, 0.25) is 0 Å². The normalized spacial score (nSPS) is 18.1. The zero-order chi connectivity index (χ0) is 11.5. The number of allylic oxidation sites excluding steroid dienone is 1. The van der Waals surface area contributed by atoms with Gasteiger partial charge in [-0.15, -0.1) is 0 Å². The van der Waals surface area contributed by atoms with Crippen molar-refractivity contribution in [3.8, 4) is 5.75 Å². The fourth-order valence-corrected chi connectivity index (χ4v) is 2.20. The molecule has 0 aliphatic heterocycles. The maximum Gasteiger partial charge on any atom is 0.120 e. The molecule has 86 valence electrons. The smallest absolute Gasteiger partial charge is 0.120 e. The van der Waals surface area contributed by atoms with Crippen LogP contribution in [0, 0.1) is 0 Å². The lowest BCUT2D eigenvalue weighted by atomic mass is 10.0. The van der Waals surface area contributed by atoms with Crippen molar-refractivity contribution < 1.29 is 4.74 Å². The van der Waals surface area contributed by atoms with Crippen molar-refractivity contribution in [1.82, 2.24) is 0 Å². The first kappa shape index (κ1) is 11.3. The Bertz CT molecular complexity index is 400. The van der Waals surface area contributed by atoms with Crippen LogP contribution in [0.1, 0.15) is 44.2 Å². The van der Waals surface area contributed by atoms with E-state index in [4.69, 9.17) is 4.74 Å². The molecule has 1 heteroatoms. The highest BCUT2D eigenvalue weighted by Crippen LogP contribution is 2.34. The van der Waals surface area contributed by atoms with E-state index >= 15 is 0 Å². The largest absolute Gasteiger partial charge is 0.490 e. The first-order chi connectivity index (χ1) is 7.66. The highest BCUT2D eigenvalue weighted by Gasteiger charge is 2.18. The van der Waals surface area contributed by atoms with E-state index in [0.29, 0.717) is 6.61 Å². The van der Waals surface area contributed by atoms with Gasteiger partial charge in [0.25, 0.3) is 0 Å². The Morgan fingerprint density at radius 1 is 1.44 bits per heavy atom. The summed E-state index contributed by atoms with van der Waals surface area (Å²) in [6.07, 6.45) is 4.60. The maximum absolute atomic E-state index is 5.70. The first-order valence-corrected chi connectivity index (χ1v) is 6.06. The molecule has 1 aromatic carbocycles. The Kier molecular flexibility index (Phi) is 3.33. The molecule has 0 saturated heterocycles. The topological polar surface area (TPSA) is 9.23 Å². The minimum atomic E-state index is 0.677. The van der Waals surface area contributed by atoms with Crippen LogP contribution in [0.4, 0.5) is 0 Å². The summed E-state index contributed by atoms with van der Waals surface area (Å²) in [5, 5.41) is 0. The van der Waals surface area contributed by atoms with Crippen LogP contribution in [0.3, 0.4) is 0 Å². The Morgan fingerprint density at radius 3 is 3.00 bits per heavy atom. The van der Waals surface area contributed by atoms with E-state index in [1.165, 1.54) is 29.5 Å². The Hall–Kier alpha value is -1.24. The summed E-state index contributed by atoms with van der Waals surface area (Å²) in [6.45, 7) is 7.16. The van der Waals surface area contributed by atoms with E-state index in [2.05, 4.69) is 45.0 Å². The molecule has 1 unspecified atom stereocenters. The zero-order valence-electron chi connectivity index (χ0n) is 10.4. The molecule has 1 aliphatic rings. The molecule has 2 rings (SSSR count). The average molecular weight is 216 g/mol. The van der Waals surface area contributed by atoms with Crippen molar-refractivity contribution in [1.29, 1.82) is 0 Å². The second-order valence-corrected chi connectivity index (χ2v) is 4.89. The molecule has 1 aliphatic carbocycles. The van der Waals surface area contributed by atoms with E-state index in [1.54, 1.807) is 0 Å². The lowest BCUT2D eigenvalue weighted by Crippen LogP contribution is -1.95. The molecule has 0 radical (unpaired) electrons. The van der Waals surface area contributed by atoms with E-state index in [0.717, 1.165) is 11.7 Å². The molecule has 0 spiro atoms. The standard InChI is InChI=1S/C15H20O/c1-11(2)8-9-16-14-6-7-15-12(3)4-5-13(15)10-14/h6-8,10,12H,4-5,9H2,1-3H3. The molecule has 0 saturated carbocycles. The average Bonchev–Trinajstić information content (AvgIpc) is 2.60. The number of ether oxygens (including phenoxy) is 1. The van der Waals surface area contributed by atoms with Gasteiger partial charge in [0, 0.05) is 0 Å². The second kappa shape index (κ2) is 4.73. The molecule has 0 amide bonds. The van der Waals surface area contributed by atoms with Crippen molar-refractivity contribution in [3.63, 3.8) is 0 Å². The molecular formula is C15H20O. The molecular weight excluding hydrogens is 196 g/mol. The van der Waals surface area contributed by atoms with Gasteiger partial charge in [0.05, 0.1) is 0 Å². The molecule has 0 aromatic heterocycles. The number of rotatable bonds is 3. The number of aryl methyl sites for hydroxylation is 1. The zero-order valence-corrected chi connectivity index (χ0v) is 10.4. The molecule has 0 heterocycles. The van der Waals surface area contributed by atoms with Crippen LogP contribution in [-0.2, 0) is 6.42 Å². The van der Waals surface area contributed by atoms with Crippen LogP contribution in [0.2, 0.25) is 0 Å². The molecule has 1 nitrogen and oxygen atoms in total. The van der Waals surface area contributed by atoms with Gasteiger partial charge in [-0.2, -0.15) is 0 Å². The third-order valence-electron chi connectivity index (χ3n) is 3.23. The fraction of sp³-hybridized carbons (Fsp3) is 0.467. The van der Waals surface area contributed by atoms with Crippen molar-refractivity contribution in [2.45, 2.75) is 39.5 Å². The van der Waals surface area contributed by atoms with Crippen LogP contribution in [0.5, 0.6) is 5.75 Å².